The van der Waals surface area contributed by atoms with Crippen LogP contribution in [0, 0.1) is 5.92 Å². The highest BCUT2D eigenvalue weighted by atomic mass is 16.5. The van der Waals surface area contributed by atoms with Gasteiger partial charge in [-0.3, -0.25) is 9.59 Å². The molecule has 2 N–H and O–H groups in total. The summed E-state index contributed by atoms with van der Waals surface area (Å²) in [6, 6.07) is 16.1. The Morgan fingerprint density at radius 2 is 1.62 bits per heavy atom. The summed E-state index contributed by atoms with van der Waals surface area (Å²) >= 11 is 0. The van der Waals surface area contributed by atoms with Gasteiger partial charge in [0.25, 0.3) is 0 Å². The van der Waals surface area contributed by atoms with E-state index in [4.69, 9.17) is 4.74 Å². The number of amides is 2. The third kappa shape index (κ3) is 4.51. The van der Waals surface area contributed by atoms with Crippen LogP contribution in [0.3, 0.4) is 0 Å². The zero-order valence-corrected chi connectivity index (χ0v) is 17.0. The van der Waals surface area contributed by atoms with Crippen molar-refractivity contribution < 1.29 is 14.3 Å². The van der Waals surface area contributed by atoms with Gasteiger partial charge in [0.1, 0.15) is 0 Å². The van der Waals surface area contributed by atoms with Crippen molar-refractivity contribution in [3.05, 3.63) is 65.2 Å². The minimum atomic E-state index is -0.467. The van der Waals surface area contributed by atoms with Crippen LogP contribution < -0.4 is 10.6 Å². The third-order valence-corrected chi connectivity index (χ3v) is 5.66. The molecule has 1 unspecified atom stereocenters. The smallest absolute Gasteiger partial charge is 0.232 e. The van der Waals surface area contributed by atoms with Gasteiger partial charge in [0, 0.05) is 11.7 Å². The van der Waals surface area contributed by atoms with Crippen LogP contribution >= 0.6 is 0 Å². The van der Waals surface area contributed by atoms with Crippen molar-refractivity contribution in [2.75, 3.05) is 18.5 Å². The molecule has 2 aromatic rings. The van der Waals surface area contributed by atoms with E-state index >= 15 is 0 Å². The lowest BCUT2D eigenvalue weighted by atomic mass is 9.87. The molecule has 2 amide bonds. The Kier molecular flexibility index (Phi) is 5.67. The largest absolute Gasteiger partial charge is 0.380 e. The quantitative estimate of drug-likeness (QED) is 0.753. The summed E-state index contributed by atoms with van der Waals surface area (Å²) < 4.78 is 5.14. The molecule has 0 radical (unpaired) electrons. The van der Waals surface area contributed by atoms with Gasteiger partial charge in [-0.15, -0.1) is 0 Å². The molecule has 1 aliphatic heterocycles. The number of benzene rings is 2. The van der Waals surface area contributed by atoms with E-state index in [1.54, 1.807) is 0 Å². The van der Waals surface area contributed by atoms with E-state index in [1.165, 1.54) is 5.56 Å². The second kappa shape index (κ2) is 8.37. The molecule has 29 heavy (non-hydrogen) atoms. The molecule has 5 heteroatoms. The summed E-state index contributed by atoms with van der Waals surface area (Å²) in [4.78, 5) is 25.7. The van der Waals surface area contributed by atoms with Crippen molar-refractivity contribution in [1.29, 1.82) is 0 Å². The maximum absolute atomic E-state index is 13.2. The standard InChI is InChI=1S/C24H28N2O3/c1-15(2)16-7-9-17(10-8-16)22(24(28)25-19-11-12-19)20-5-3-4-6-21(20)26-23(27)18-13-29-14-18/h3-10,15,18-19,22H,11-14H2,1-2H3,(H,25,28)(H,26,27). The number of ether oxygens (including phenoxy) is 1. The molecule has 4 rings (SSSR count). The summed E-state index contributed by atoms with van der Waals surface area (Å²) in [5.74, 6) is -0.226. The van der Waals surface area contributed by atoms with E-state index in [2.05, 4.69) is 36.6 Å². The first-order valence-electron chi connectivity index (χ1n) is 10.4. The molecule has 1 heterocycles. The van der Waals surface area contributed by atoms with E-state index in [0.717, 1.165) is 24.0 Å². The Hall–Kier alpha value is -2.66. The lowest BCUT2D eigenvalue weighted by Crippen LogP contribution is -2.39. The van der Waals surface area contributed by atoms with Crippen LogP contribution in [-0.2, 0) is 14.3 Å². The highest BCUT2D eigenvalue weighted by Crippen LogP contribution is 2.33. The molecule has 1 atom stereocenters. The van der Waals surface area contributed by atoms with Gasteiger partial charge in [0.15, 0.2) is 0 Å². The second-order valence-corrected chi connectivity index (χ2v) is 8.35. The number of rotatable bonds is 7. The van der Waals surface area contributed by atoms with Crippen molar-refractivity contribution in [2.24, 2.45) is 5.92 Å². The predicted molar refractivity (Wildman–Crippen MR) is 113 cm³/mol. The Labute approximate surface area is 171 Å². The normalized spacial score (nSPS) is 17.5. The Morgan fingerprint density at radius 3 is 2.21 bits per heavy atom. The molecule has 0 bridgehead atoms. The minimum absolute atomic E-state index is 0.0153. The maximum Gasteiger partial charge on any atom is 0.232 e. The topological polar surface area (TPSA) is 67.4 Å². The molecule has 2 fully saturated rings. The Bertz CT molecular complexity index is 883. The lowest BCUT2D eigenvalue weighted by molar-refractivity contribution is -0.133. The number of hydrogen-bond donors (Lipinski definition) is 2. The average molecular weight is 392 g/mol. The summed E-state index contributed by atoms with van der Waals surface area (Å²) in [6.45, 7) is 5.22. The van der Waals surface area contributed by atoms with Crippen molar-refractivity contribution >= 4 is 17.5 Å². The first-order chi connectivity index (χ1) is 14.0. The van der Waals surface area contributed by atoms with Gasteiger partial charge in [0.2, 0.25) is 11.8 Å². The summed E-state index contributed by atoms with van der Waals surface area (Å²) in [5.41, 5.74) is 3.67. The van der Waals surface area contributed by atoms with Gasteiger partial charge in [0.05, 0.1) is 25.0 Å². The minimum Gasteiger partial charge on any atom is -0.380 e. The van der Waals surface area contributed by atoms with E-state index in [0.29, 0.717) is 24.8 Å². The van der Waals surface area contributed by atoms with Crippen LogP contribution in [0.5, 0.6) is 0 Å². The number of hydrogen-bond acceptors (Lipinski definition) is 3. The molecular weight excluding hydrogens is 364 g/mol. The monoisotopic (exact) mass is 392 g/mol. The van der Waals surface area contributed by atoms with Crippen LogP contribution in [-0.4, -0.2) is 31.1 Å². The second-order valence-electron chi connectivity index (χ2n) is 8.35. The highest BCUT2D eigenvalue weighted by molar-refractivity contribution is 5.96. The van der Waals surface area contributed by atoms with Gasteiger partial charge in [-0.1, -0.05) is 56.3 Å². The zero-order chi connectivity index (χ0) is 20.4. The van der Waals surface area contributed by atoms with Crippen molar-refractivity contribution in [1.82, 2.24) is 5.32 Å². The van der Waals surface area contributed by atoms with Crippen molar-refractivity contribution in [3.8, 4) is 0 Å². The van der Waals surface area contributed by atoms with Crippen LogP contribution in [0.1, 0.15) is 55.2 Å². The number of nitrogens with one attached hydrogen (secondary N) is 2. The van der Waals surface area contributed by atoms with Gasteiger partial charge >= 0.3 is 0 Å². The fourth-order valence-electron chi connectivity index (χ4n) is 3.54. The van der Waals surface area contributed by atoms with E-state index < -0.39 is 5.92 Å². The third-order valence-electron chi connectivity index (χ3n) is 5.66. The fraction of sp³-hybridized carbons (Fsp3) is 0.417. The first kappa shape index (κ1) is 19.6. The number of carbonyl (C=O) groups excluding carboxylic acids is 2. The molecule has 2 aromatic carbocycles. The molecule has 2 aliphatic rings. The number of para-hydroxylation sites is 1. The first-order valence-corrected chi connectivity index (χ1v) is 10.4. The number of carbonyl (C=O) groups is 2. The van der Waals surface area contributed by atoms with E-state index in [1.807, 2.05) is 36.4 Å². The zero-order valence-electron chi connectivity index (χ0n) is 17.0. The predicted octanol–water partition coefficient (Wildman–Crippen LogP) is 3.81. The Morgan fingerprint density at radius 1 is 0.966 bits per heavy atom. The van der Waals surface area contributed by atoms with Crippen LogP contribution in [0.2, 0.25) is 0 Å². The SMILES string of the molecule is CC(C)c1ccc(C(C(=O)NC2CC2)c2ccccc2NC(=O)C2COC2)cc1. The maximum atomic E-state index is 13.2. The van der Waals surface area contributed by atoms with Crippen LogP contribution in [0.15, 0.2) is 48.5 Å². The van der Waals surface area contributed by atoms with E-state index in [-0.39, 0.29) is 23.8 Å². The number of anilines is 1. The molecule has 0 aromatic heterocycles. The van der Waals surface area contributed by atoms with Gasteiger partial charge in [-0.25, -0.2) is 0 Å². The average Bonchev–Trinajstić information content (AvgIpc) is 3.46. The highest BCUT2D eigenvalue weighted by Gasteiger charge is 2.32. The lowest BCUT2D eigenvalue weighted by Gasteiger charge is -2.26. The molecule has 5 nitrogen and oxygen atoms in total. The molecule has 1 saturated carbocycles. The molecule has 1 aliphatic carbocycles. The molecular formula is C24H28N2O3. The van der Waals surface area contributed by atoms with Crippen molar-refractivity contribution in [2.45, 2.75) is 44.6 Å². The van der Waals surface area contributed by atoms with Gasteiger partial charge in [-0.2, -0.15) is 0 Å². The molecule has 152 valence electrons. The molecule has 1 saturated heterocycles. The Balaban J connectivity index is 1.67. The molecule has 0 spiro atoms. The van der Waals surface area contributed by atoms with Crippen molar-refractivity contribution in [3.63, 3.8) is 0 Å². The van der Waals surface area contributed by atoms with E-state index in [9.17, 15) is 9.59 Å². The summed E-state index contributed by atoms with van der Waals surface area (Å²) in [5, 5.41) is 6.16. The van der Waals surface area contributed by atoms with Crippen LogP contribution in [0.4, 0.5) is 5.69 Å². The summed E-state index contributed by atoms with van der Waals surface area (Å²) in [6.07, 6.45) is 2.07. The fourth-order valence-corrected chi connectivity index (χ4v) is 3.54. The summed E-state index contributed by atoms with van der Waals surface area (Å²) in [7, 11) is 0. The van der Waals surface area contributed by atoms with Crippen LogP contribution in [0.25, 0.3) is 0 Å². The van der Waals surface area contributed by atoms with Gasteiger partial charge < -0.3 is 15.4 Å². The van der Waals surface area contributed by atoms with Gasteiger partial charge in [-0.05, 0) is 41.5 Å².